The summed E-state index contributed by atoms with van der Waals surface area (Å²) in [7, 11) is 1.69. The highest BCUT2D eigenvalue weighted by Gasteiger charge is 2.14. The molecule has 18 heavy (non-hydrogen) atoms. The van der Waals surface area contributed by atoms with Crippen LogP contribution in [-0.4, -0.2) is 16.9 Å². The van der Waals surface area contributed by atoms with Gasteiger partial charge in [-0.2, -0.15) is 5.10 Å². The van der Waals surface area contributed by atoms with Gasteiger partial charge in [-0.1, -0.05) is 18.2 Å². The number of para-hydroxylation sites is 1. The van der Waals surface area contributed by atoms with E-state index in [1.807, 2.05) is 22.9 Å². The monoisotopic (exact) mass is 357 g/mol. The number of benzene rings is 1. The Balaban J connectivity index is 2.21. The fourth-order valence-electron chi connectivity index (χ4n) is 1.98. The smallest absolute Gasteiger partial charge is 0.135 e. The highest BCUT2D eigenvalue weighted by molar-refractivity contribution is 14.1. The summed E-state index contributed by atoms with van der Waals surface area (Å²) in [5, 5.41) is 4.31. The van der Waals surface area contributed by atoms with Gasteiger partial charge in [-0.05, 0) is 47.6 Å². The van der Waals surface area contributed by atoms with Crippen molar-refractivity contribution in [1.82, 2.24) is 9.78 Å². The second kappa shape index (κ2) is 5.60. The molecule has 1 aromatic heterocycles. The molecule has 1 heterocycles. The Morgan fingerprint density at radius 3 is 2.78 bits per heavy atom. The van der Waals surface area contributed by atoms with Crippen molar-refractivity contribution in [1.29, 1.82) is 0 Å². The lowest BCUT2D eigenvalue weighted by molar-refractivity contribution is 0.402. The quantitative estimate of drug-likeness (QED) is 0.857. The summed E-state index contributed by atoms with van der Waals surface area (Å²) in [5.41, 5.74) is 7.15. The van der Waals surface area contributed by atoms with Crippen molar-refractivity contribution >= 4 is 28.4 Å². The zero-order chi connectivity index (χ0) is 13.1. The number of anilines is 1. The zero-order valence-corrected chi connectivity index (χ0v) is 12.6. The third-order valence-corrected chi connectivity index (χ3v) is 3.74. The van der Waals surface area contributed by atoms with E-state index >= 15 is 0 Å². The van der Waals surface area contributed by atoms with Crippen LogP contribution >= 0.6 is 22.6 Å². The third-order valence-electron chi connectivity index (χ3n) is 2.91. The fraction of sp³-hybridized carbons (Fsp3) is 0.308. The van der Waals surface area contributed by atoms with Crippen LogP contribution in [0.4, 0.5) is 5.82 Å². The Morgan fingerprint density at radius 2 is 2.17 bits per heavy atom. The molecule has 0 bridgehead atoms. The molecule has 2 aromatic rings. The van der Waals surface area contributed by atoms with Crippen molar-refractivity contribution in [3.05, 3.63) is 39.6 Å². The minimum Gasteiger partial charge on any atom is -0.496 e. The fourth-order valence-corrected chi connectivity index (χ4v) is 2.35. The number of hydrogen-bond acceptors (Lipinski definition) is 3. The Hall–Kier alpha value is -1.24. The number of nitrogens with two attached hydrogens (primary N) is 1. The normalized spacial score (nSPS) is 12.4. The van der Waals surface area contributed by atoms with E-state index in [0.717, 1.165) is 27.1 Å². The van der Waals surface area contributed by atoms with Gasteiger partial charge in [0.15, 0.2) is 0 Å². The number of nitrogen functional groups attached to an aromatic ring is 1. The molecule has 0 aliphatic heterocycles. The van der Waals surface area contributed by atoms with Crippen LogP contribution in [0.15, 0.2) is 30.5 Å². The van der Waals surface area contributed by atoms with E-state index in [9.17, 15) is 0 Å². The molecule has 1 unspecified atom stereocenters. The molecule has 5 heteroatoms. The molecule has 0 spiro atoms. The zero-order valence-electron chi connectivity index (χ0n) is 10.4. The SMILES string of the molecule is COc1ccccc1CC(C)n1ncc(I)c1N. The number of aromatic nitrogens is 2. The van der Waals surface area contributed by atoms with Gasteiger partial charge in [-0.25, -0.2) is 4.68 Å². The largest absolute Gasteiger partial charge is 0.496 e. The van der Waals surface area contributed by atoms with Crippen LogP contribution in [-0.2, 0) is 6.42 Å². The first-order valence-electron chi connectivity index (χ1n) is 5.74. The molecule has 0 saturated carbocycles. The van der Waals surface area contributed by atoms with Crippen LogP contribution in [0.1, 0.15) is 18.5 Å². The highest BCUT2D eigenvalue weighted by Crippen LogP contribution is 2.25. The first kappa shape index (κ1) is 13.2. The third kappa shape index (κ3) is 2.60. The topological polar surface area (TPSA) is 53.1 Å². The van der Waals surface area contributed by atoms with Crippen molar-refractivity contribution in [2.24, 2.45) is 0 Å². The number of methoxy groups -OCH3 is 1. The molecule has 0 radical (unpaired) electrons. The predicted molar refractivity (Wildman–Crippen MR) is 80.8 cm³/mol. The van der Waals surface area contributed by atoms with Crippen LogP contribution in [0.2, 0.25) is 0 Å². The second-order valence-corrected chi connectivity index (χ2v) is 5.35. The maximum absolute atomic E-state index is 5.99. The maximum Gasteiger partial charge on any atom is 0.135 e. The molecular formula is C13H16IN3O. The maximum atomic E-state index is 5.99. The Kier molecular flexibility index (Phi) is 4.11. The summed E-state index contributed by atoms with van der Waals surface area (Å²) in [6.07, 6.45) is 2.63. The van der Waals surface area contributed by atoms with Crippen LogP contribution in [0, 0.1) is 3.57 Å². The number of ether oxygens (including phenoxy) is 1. The number of rotatable bonds is 4. The van der Waals surface area contributed by atoms with Gasteiger partial charge in [-0.15, -0.1) is 0 Å². The van der Waals surface area contributed by atoms with E-state index in [0.29, 0.717) is 0 Å². The molecule has 1 aromatic carbocycles. The summed E-state index contributed by atoms with van der Waals surface area (Å²) in [4.78, 5) is 0. The van der Waals surface area contributed by atoms with Crippen LogP contribution in [0.25, 0.3) is 0 Å². The summed E-state index contributed by atoms with van der Waals surface area (Å²) in [6.45, 7) is 2.10. The molecular weight excluding hydrogens is 341 g/mol. The standard InChI is InChI=1S/C13H16IN3O/c1-9(17-13(15)11(14)8-16-17)7-10-5-3-4-6-12(10)18-2/h3-6,8-9H,7,15H2,1-2H3. The molecule has 2 rings (SSSR count). The van der Waals surface area contributed by atoms with Crippen molar-refractivity contribution in [3.63, 3.8) is 0 Å². The molecule has 4 nitrogen and oxygen atoms in total. The van der Waals surface area contributed by atoms with Crippen molar-refractivity contribution in [3.8, 4) is 5.75 Å². The Morgan fingerprint density at radius 1 is 1.44 bits per heavy atom. The molecule has 0 aliphatic carbocycles. The van der Waals surface area contributed by atoms with E-state index < -0.39 is 0 Å². The van der Waals surface area contributed by atoms with Gasteiger partial charge in [0.1, 0.15) is 11.6 Å². The lowest BCUT2D eigenvalue weighted by Gasteiger charge is -2.16. The van der Waals surface area contributed by atoms with Crippen molar-refractivity contribution in [2.45, 2.75) is 19.4 Å². The van der Waals surface area contributed by atoms with Gasteiger partial charge in [-0.3, -0.25) is 0 Å². The molecule has 0 fully saturated rings. The van der Waals surface area contributed by atoms with Crippen LogP contribution < -0.4 is 10.5 Å². The van der Waals surface area contributed by atoms with E-state index in [4.69, 9.17) is 10.5 Å². The molecule has 0 aliphatic rings. The minimum absolute atomic E-state index is 0.199. The van der Waals surface area contributed by atoms with E-state index in [-0.39, 0.29) is 6.04 Å². The Bertz CT molecular complexity index is 539. The summed E-state index contributed by atoms with van der Waals surface area (Å²) >= 11 is 2.19. The lowest BCUT2D eigenvalue weighted by atomic mass is 10.1. The summed E-state index contributed by atoms with van der Waals surface area (Å²) in [6, 6.07) is 8.22. The van der Waals surface area contributed by atoms with Gasteiger partial charge in [0, 0.05) is 0 Å². The van der Waals surface area contributed by atoms with Gasteiger partial charge in [0.05, 0.1) is 22.9 Å². The Labute approximate surface area is 120 Å². The summed E-state index contributed by atoms with van der Waals surface area (Å²) < 4.78 is 8.20. The highest BCUT2D eigenvalue weighted by atomic mass is 127. The van der Waals surface area contributed by atoms with Crippen LogP contribution in [0.3, 0.4) is 0 Å². The van der Waals surface area contributed by atoms with Gasteiger partial charge < -0.3 is 10.5 Å². The lowest BCUT2D eigenvalue weighted by Crippen LogP contribution is -2.13. The first-order chi connectivity index (χ1) is 8.63. The molecule has 2 N–H and O–H groups in total. The summed E-state index contributed by atoms with van der Waals surface area (Å²) in [5.74, 6) is 1.63. The number of hydrogen-bond donors (Lipinski definition) is 1. The van der Waals surface area contributed by atoms with Gasteiger partial charge in [0.2, 0.25) is 0 Å². The minimum atomic E-state index is 0.199. The van der Waals surface area contributed by atoms with E-state index in [1.165, 1.54) is 0 Å². The molecule has 0 amide bonds. The van der Waals surface area contributed by atoms with E-state index in [2.05, 4.69) is 40.7 Å². The molecule has 96 valence electrons. The van der Waals surface area contributed by atoms with Crippen molar-refractivity contribution in [2.75, 3.05) is 12.8 Å². The second-order valence-electron chi connectivity index (χ2n) is 4.19. The van der Waals surface area contributed by atoms with E-state index in [1.54, 1.807) is 13.3 Å². The van der Waals surface area contributed by atoms with Gasteiger partial charge >= 0.3 is 0 Å². The predicted octanol–water partition coefficient (Wildman–Crippen LogP) is 2.88. The van der Waals surface area contributed by atoms with Crippen molar-refractivity contribution < 1.29 is 4.74 Å². The average Bonchev–Trinajstić information content (AvgIpc) is 2.71. The number of nitrogens with zero attached hydrogens (tertiary/aromatic N) is 2. The molecule has 1 atom stereocenters. The molecule has 0 saturated heterocycles. The van der Waals surface area contributed by atoms with Crippen LogP contribution in [0.5, 0.6) is 5.75 Å². The van der Waals surface area contributed by atoms with Gasteiger partial charge in [0.25, 0.3) is 0 Å². The first-order valence-corrected chi connectivity index (χ1v) is 6.81. The number of halogens is 1. The average molecular weight is 357 g/mol.